The van der Waals surface area contributed by atoms with Crippen molar-refractivity contribution in [2.75, 3.05) is 11.1 Å². The average Bonchev–Trinajstić information content (AvgIpc) is 3.43. The number of anilines is 1. The molecule has 0 unspecified atom stereocenters. The number of carbonyl (C=O) groups is 1. The van der Waals surface area contributed by atoms with Crippen molar-refractivity contribution >= 4 is 23.4 Å². The molecule has 4 rings (SSSR count). The molecule has 0 aliphatic rings. The van der Waals surface area contributed by atoms with Crippen molar-refractivity contribution in [3.8, 4) is 22.8 Å². The normalized spacial score (nSPS) is 10.9. The van der Waals surface area contributed by atoms with Gasteiger partial charge in [0.2, 0.25) is 11.7 Å². The van der Waals surface area contributed by atoms with Gasteiger partial charge >= 0.3 is 0 Å². The van der Waals surface area contributed by atoms with Crippen LogP contribution in [0.3, 0.4) is 0 Å². The summed E-state index contributed by atoms with van der Waals surface area (Å²) in [6.07, 6.45) is 0. The van der Waals surface area contributed by atoms with Crippen LogP contribution in [0.5, 0.6) is 0 Å². The Labute approximate surface area is 177 Å². The first kappa shape index (κ1) is 19.8. The number of hydrogen-bond acceptors (Lipinski definition) is 7. The number of rotatable bonds is 7. The summed E-state index contributed by atoms with van der Waals surface area (Å²) in [4.78, 5) is 12.4. The fourth-order valence-electron chi connectivity index (χ4n) is 3.02. The van der Waals surface area contributed by atoms with E-state index < -0.39 is 0 Å². The quantitative estimate of drug-likeness (QED) is 0.441. The SMILES string of the molecule is CCn1c(SCC(=O)Nc2ccc(-c3nn[nH]n3)cc2)nnc1-c1ccccc1C. The van der Waals surface area contributed by atoms with E-state index in [9.17, 15) is 4.79 Å². The Morgan fingerprint density at radius 3 is 2.60 bits per heavy atom. The van der Waals surface area contributed by atoms with Crippen molar-refractivity contribution in [1.29, 1.82) is 0 Å². The molecule has 30 heavy (non-hydrogen) atoms. The van der Waals surface area contributed by atoms with Crippen LogP contribution >= 0.6 is 11.8 Å². The Bertz CT molecular complexity index is 1140. The van der Waals surface area contributed by atoms with Gasteiger partial charge in [0.15, 0.2) is 11.0 Å². The minimum atomic E-state index is -0.115. The van der Waals surface area contributed by atoms with Crippen LogP contribution in [0.1, 0.15) is 12.5 Å². The predicted octanol–water partition coefficient (Wildman–Crippen LogP) is 3.18. The Hall–Kier alpha value is -3.53. The van der Waals surface area contributed by atoms with Gasteiger partial charge in [0, 0.05) is 23.4 Å². The molecule has 4 aromatic rings. The van der Waals surface area contributed by atoms with Crippen molar-refractivity contribution in [1.82, 2.24) is 35.4 Å². The summed E-state index contributed by atoms with van der Waals surface area (Å²) in [5, 5.41) is 26.1. The number of nitrogens with zero attached hydrogens (tertiary/aromatic N) is 6. The molecule has 0 bridgehead atoms. The third kappa shape index (κ3) is 4.23. The topological polar surface area (TPSA) is 114 Å². The molecule has 0 saturated carbocycles. The summed E-state index contributed by atoms with van der Waals surface area (Å²) in [6.45, 7) is 4.81. The second-order valence-electron chi connectivity index (χ2n) is 6.51. The summed E-state index contributed by atoms with van der Waals surface area (Å²) < 4.78 is 2.03. The van der Waals surface area contributed by atoms with Crippen molar-refractivity contribution < 1.29 is 4.79 Å². The van der Waals surface area contributed by atoms with Gasteiger partial charge in [-0.25, -0.2) is 0 Å². The van der Waals surface area contributed by atoms with Crippen LogP contribution in [-0.2, 0) is 11.3 Å². The highest BCUT2D eigenvalue weighted by molar-refractivity contribution is 7.99. The molecular weight excluding hydrogens is 400 g/mol. The lowest BCUT2D eigenvalue weighted by Gasteiger charge is -2.09. The predicted molar refractivity (Wildman–Crippen MR) is 115 cm³/mol. The summed E-state index contributed by atoms with van der Waals surface area (Å²) in [5.41, 5.74) is 3.70. The standard InChI is InChI=1S/C20H20N8OS/c1-3-28-19(16-7-5-4-6-13(16)2)24-25-20(28)30-12-17(29)21-15-10-8-14(9-11-15)18-22-26-27-23-18/h4-11H,3,12H2,1-2H3,(H,21,29)(H,22,23,26,27). The van der Waals surface area contributed by atoms with Gasteiger partial charge in [-0.1, -0.05) is 36.0 Å². The molecule has 2 N–H and O–H groups in total. The second kappa shape index (κ2) is 8.87. The summed E-state index contributed by atoms with van der Waals surface area (Å²) >= 11 is 1.37. The van der Waals surface area contributed by atoms with E-state index in [1.807, 2.05) is 54.8 Å². The zero-order valence-electron chi connectivity index (χ0n) is 16.5. The van der Waals surface area contributed by atoms with Gasteiger partial charge in [-0.3, -0.25) is 4.79 Å². The Balaban J connectivity index is 1.40. The molecule has 0 aliphatic heterocycles. The van der Waals surface area contributed by atoms with Crippen LogP contribution in [0.2, 0.25) is 0 Å². The van der Waals surface area contributed by atoms with Crippen molar-refractivity contribution in [2.45, 2.75) is 25.5 Å². The van der Waals surface area contributed by atoms with Crippen LogP contribution in [0.15, 0.2) is 53.7 Å². The van der Waals surface area contributed by atoms with E-state index in [2.05, 4.69) is 36.1 Å². The monoisotopic (exact) mass is 420 g/mol. The van der Waals surface area contributed by atoms with Gasteiger partial charge in [-0.15, -0.1) is 20.4 Å². The van der Waals surface area contributed by atoms with Crippen LogP contribution in [-0.4, -0.2) is 47.0 Å². The lowest BCUT2D eigenvalue weighted by atomic mass is 10.1. The Kier molecular flexibility index (Phi) is 5.84. The molecule has 0 radical (unpaired) electrons. The van der Waals surface area contributed by atoms with E-state index in [0.29, 0.717) is 11.5 Å². The maximum absolute atomic E-state index is 12.4. The van der Waals surface area contributed by atoms with Crippen molar-refractivity contribution in [3.05, 3.63) is 54.1 Å². The van der Waals surface area contributed by atoms with Gasteiger partial charge in [0.25, 0.3) is 0 Å². The summed E-state index contributed by atoms with van der Waals surface area (Å²) in [6, 6.07) is 15.3. The number of H-pyrrole nitrogens is 1. The van der Waals surface area contributed by atoms with E-state index in [-0.39, 0.29) is 11.7 Å². The lowest BCUT2D eigenvalue weighted by molar-refractivity contribution is -0.113. The zero-order valence-corrected chi connectivity index (χ0v) is 17.3. The number of aromatic amines is 1. The molecule has 1 amide bonds. The third-order valence-corrected chi connectivity index (χ3v) is 5.49. The molecular formula is C20H20N8OS. The molecule has 0 spiro atoms. The van der Waals surface area contributed by atoms with Crippen molar-refractivity contribution in [2.24, 2.45) is 0 Å². The largest absolute Gasteiger partial charge is 0.325 e. The fourth-order valence-corrected chi connectivity index (χ4v) is 3.82. The first-order chi connectivity index (χ1) is 14.7. The average molecular weight is 421 g/mol. The molecule has 2 aromatic heterocycles. The highest BCUT2D eigenvalue weighted by Crippen LogP contribution is 2.26. The van der Waals surface area contributed by atoms with Gasteiger partial charge < -0.3 is 9.88 Å². The molecule has 152 valence electrons. The molecule has 0 aliphatic carbocycles. The highest BCUT2D eigenvalue weighted by Gasteiger charge is 2.16. The molecule has 9 nitrogen and oxygen atoms in total. The van der Waals surface area contributed by atoms with Gasteiger partial charge in [0.05, 0.1) is 5.75 Å². The molecule has 2 aromatic carbocycles. The number of carbonyl (C=O) groups excluding carboxylic acids is 1. The first-order valence-electron chi connectivity index (χ1n) is 9.41. The Morgan fingerprint density at radius 2 is 1.90 bits per heavy atom. The van der Waals surface area contributed by atoms with Crippen LogP contribution < -0.4 is 5.32 Å². The lowest BCUT2D eigenvalue weighted by Crippen LogP contribution is -2.14. The maximum atomic E-state index is 12.4. The number of hydrogen-bond donors (Lipinski definition) is 2. The smallest absolute Gasteiger partial charge is 0.234 e. The molecule has 2 heterocycles. The summed E-state index contributed by atoms with van der Waals surface area (Å²) in [7, 11) is 0. The molecule has 0 atom stereocenters. The van der Waals surface area contributed by atoms with Crippen LogP contribution in [0.4, 0.5) is 5.69 Å². The fraction of sp³-hybridized carbons (Fsp3) is 0.200. The Morgan fingerprint density at radius 1 is 1.10 bits per heavy atom. The van der Waals surface area contributed by atoms with Crippen molar-refractivity contribution in [3.63, 3.8) is 0 Å². The van der Waals surface area contributed by atoms with E-state index >= 15 is 0 Å². The number of thioether (sulfide) groups is 1. The number of tetrazole rings is 1. The number of nitrogens with one attached hydrogen (secondary N) is 2. The highest BCUT2D eigenvalue weighted by atomic mass is 32.2. The summed E-state index contributed by atoms with van der Waals surface area (Å²) in [5.74, 6) is 1.44. The van der Waals surface area contributed by atoms with Gasteiger partial charge in [0.1, 0.15) is 0 Å². The van der Waals surface area contributed by atoms with Crippen LogP contribution in [0, 0.1) is 6.92 Å². The minimum Gasteiger partial charge on any atom is -0.325 e. The second-order valence-corrected chi connectivity index (χ2v) is 7.46. The zero-order chi connectivity index (χ0) is 20.9. The minimum absolute atomic E-state index is 0.115. The third-order valence-electron chi connectivity index (χ3n) is 4.52. The van der Waals surface area contributed by atoms with E-state index in [0.717, 1.165) is 34.2 Å². The number of benzene rings is 2. The van der Waals surface area contributed by atoms with Gasteiger partial charge in [-0.2, -0.15) is 5.21 Å². The number of aryl methyl sites for hydroxylation is 1. The number of aromatic nitrogens is 7. The van der Waals surface area contributed by atoms with Gasteiger partial charge in [-0.05, 0) is 48.9 Å². The molecule has 0 fully saturated rings. The van der Waals surface area contributed by atoms with E-state index in [1.54, 1.807) is 12.1 Å². The number of amides is 1. The first-order valence-corrected chi connectivity index (χ1v) is 10.4. The van der Waals surface area contributed by atoms with Crippen LogP contribution in [0.25, 0.3) is 22.8 Å². The van der Waals surface area contributed by atoms with E-state index in [4.69, 9.17) is 0 Å². The molecule has 0 saturated heterocycles. The maximum Gasteiger partial charge on any atom is 0.234 e. The van der Waals surface area contributed by atoms with E-state index in [1.165, 1.54) is 11.8 Å². The molecule has 10 heteroatoms.